The SMILES string of the molecule is Cl.Cn1cc(-c2cc3ncccc3c(-c3ccc(N4CCC(N)(CN5CCOCC5)CC4)nc3)n2)cn1. The quantitative estimate of drug-likeness (QED) is 0.428. The smallest absolute Gasteiger partial charge is 0.128 e. The van der Waals surface area contributed by atoms with Gasteiger partial charge >= 0.3 is 0 Å². The van der Waals surface area contributed by atoms with Crippen LogP contribution < -0.4 is 10.6 Å². The number of hydrogen-bond donors (Lipinski definition) is 1. The van der Waals surface area contributed by atoms with Crippen LogP contribution in [0.15, 0.2) is 55.1 Å². The third kappa shape index (κ3) is 5.45. The second-order valence-electron chi connectivity index (χ2n) is 9.97. The summed E-state index contributed by atoms with van der Waals surface area (Å²) in [7, 11) is 1.91. The van der Waals surface area contributed by atoms with Gasteiger partial charge < -0.3 is 15.4 Å². The fourth-order valence-electron chi connectivity index (χ4n) is 5.25. The van der Waals surface area contributed by atoms with Crippen molar-refractivity contribution in [3.63, 3.8) is 0 Å². The van der Waals surface area contributed by atoms with Crippen LogP contribution in [-0.4, -0.2) is 81.1 Å². The lowest BCUT2D eigenvalue weighted by atomic mass is 9.88. The molecule has 6 rings (SSSR count). The minimum atomic E-state index is -0.143. The van der Waals surface area contributed by atoms with E-state index >= 15 is 0 Å². The van der Waals surface area contributed by atoms with Crippen molar-refractivity contribution >= 4 is 29.1 Å². The van der Waals surface area contributed by atoms with Gasteiger partial charge in [-0.25, -0.2) is 9.97 Å². The zero-order valence-corrected chi connectivity index (χ0v) is 21.9. The van der Waals surface area contributed by atoms with Gasteiger partial charge in [0, 0.05) is 80.4 Å². The topological polar surface area (TPSA) is 98.2 Å². The number of aromatic nitrogens is 5. The molecule has 194 valence electrons. The van der Waals surface area contributed by atoms with Crippen molar-refractivity contribution in [1.82, 2.24) is 29.6 Å². The molecule has 0 bridgehead atoms. The summed E-state index contributed by atoms with van der Waals surface area (Å²) in [5.41, 5.74) is 11.2. The number of halogens is 1. The number of fused-ring (bicyclic) bond motifs is 1. The van der Waals surface area contributed by atoms with E-state index in [-0.39, 0.29) is 17.9 Å². The molecule has 4 aromatic heterocycles. The molecule has 4 aromatic rings. The van der Waals surface area contributed by atoms with E-state index in [1.54, 1.807) is 4.68 Å². The third-order valence-corrected chi connectivity index (χ3v) is 7.35. The van der Waals surface area contributed by atoms with Crippen molar-refractivity contribution in [2.75, 3.05) is 50.8 Å². The molecule has 2 saturated heterocycles. The minimum absolute atomic E-state index is 0. The maximum Gasteiger partial charge on any atom is 0.128 e. The predicted octanol–water partition coefficient (Wildman–Crippen LogP) is 3.14. The molecule has 0 aromatic carbocycles. The lowest BCUT2D eigenvalue weighted by molar-refractivity contribution is 0.0250. The molecule has 0 unspecified atom stereocenters. The number of nitrogens with two attached hydrogens (primary N) is 1. The molecule has 6 heterocycles. The van der Waals surface area contributed by atoms with Crippen molar-refractivity contribution < 1.29 is 4.74 Å². The molecule has 9 nitrogen and oxygen atoms in total. The van der Waals surface area contributed by atoms with E-state index in [0.717, 1.165) is 98.0 Å². The summed E-state index contributed by atoms with van der Waals surface area (Å²) < 4.78 is 7.26. The van der Waals surface area contributed by atoms with Gasteiger partial charge in [-0.3, -0.25) is 14.6 Å². The Morgan fingerprint density at radius 1 is 1.00 bits per heavy atom. The van der Waals surface area contributed by atoms with Crippen molar-refractivity contribution in [2.45, 2.75) is 18.4 Å². The van der Waals surface area contributed by atoms with Crippen molar-refractivity contribution in [1.29, 1.82) is 0 Å². The van der Waals surface area contributed by atoms with Crippen molar-refractivity contribution in [3.8, 4) is 22.5 Å². The maximum atomic E-state index is 6.80. The number of morpholine rings is 1. The lowest BCUT2D eigenvalue weighted by Gasteiger charge is -2.43. The number of rotatable bonds is 5. The Balaban J connectivity index is 0.00000280. The van der Waals surface area contributed by atoms with E-state index < -0.39 is 0 Å². The normalized spacial score (nSPS) is 18.1. The van der Waals surface area contributed by atoms with Gasteiger partial charge in [-0.15, -0.1) is 12.4 Å². The highest BCUT2D eigenvalue weighted by molar-refractivity contribution is 5.94. The van der Waals surface area contributed by atoms with Crippen LogP contribution in [0, 0.1) is 0 Å². The number of aryl methyl sites for hydroxylation is 1. The van der Waals surface area contributed by atoms with Crippen LogP contribution in [0.3, 0.4) is 0 Å². The fourth-order valence-corrected chi connectivity index (χ4v) is 5.25. The van der Waals surface area contributed by atoms with Gasteiger partial charge in [-0.2, -0.15) is 5.10 Å². The first-order valence-corrected chi connectivity index (χ1v) is 12.6. The molecule has 0 atom stereocenters. The van der Waals surface area contributed by atoms with E-state index in [0.29, 0.717) is 0 Å². The van der Waals surface area contributed by atoms with Gasteiger partial charge in [0.1, 0.15) is 5.82 Å². The number of anilines is 1. The van der Waals surface area contributed by atoms with Crippen LogP contribution >= 0.6 is 12.4 Å². The molecule has 37 heavy (non-hydrogen) atoms. The van der Waals surface area contributed by atoms with Crippen LogP contribution in [-0.2, 0) is 11.8 Å². The molecule has 2 aliphatic heterocycles. The summed E-state index contributed by atoms with van der Waals surface area (Å²) in [6, 6.07) is 10.2. The van der Waals surface area contributed by atoms with Crippen molar-refractivity contribution in [3.05, 3.63) is 55.1 Å². The maximum absolute atomic E-state index is 6.80. The minimum Gasteiger partial charge on any atom is -0.379 e. The van der Waals surface area contributed by atoms with Gasteiger partial charge in [0.25, 0.3) is 0 Å². The van der Waals surface area contributed by atoms with Crippen LogP contribution in [0.2, 0.25) is 0 Å². The van der Waals surface area contributed by atoms with Gasteiger partial charge in [-0.05, 0) is 43.2 Å². The Morgan fingerprint density at radius 2 is 1.81 bits per heavy atom. The molecular formula is C27H33ClN8O. The molecule has 0 spiro atoms. The van der Waals surface area contributed by atoms with Crippen LogP contribution in [0.5, 0.6) is 0 Å². The first-order chi connectivity index (χ1) is 17.6. The average molecular weight is 521 g/mol. The summed E-state index contributed by atoms with van der Waals surface area (Å²) in [4.78, 5) is 19.2. The molecule has 0 amide bonds. The lowest BCUT2D eigenvalue weighted by Crippen LogP contribution is -2.58. The Labute approximate surface area is 223 Å². The summed E-state index contributed by atoms with van der Waals surface area (Å²) in [6.07, 6.45) is 9.45. The molecule has 2 fully saturated rings. The van der Waals surface area contributed by atoms with Gasteiger partial charge in [-0.1, -0.05) is 0 Å². The fraction of sp³-hybridized carbons (Fsp3) is 0.407. The molecule has 0 aliphatic carbocycles. The number of piperidine rings is 1. The number of pyridine rings is 3. The van der Waals surface area contributed by atoms with Crippen LogP contribution in [0.1, 0.15) is 12.8 Å². The highest BCUT2D eigenvalue weighted by Crippen LogP contribution is 2.31. The van der Waals surface area contributed by atoms with Gasteiger partial charge in [0.05, 0.1) is 36.3 Å². The molecule has 0 saturated carbocycles. The monoisotopic (exact) mass is 520 g/mol. The predicted molar refractivity (Wildman–Crippen MR) is 148 cm³/mol. The zero-order chi connectivity index (χ0) is 24.5. The Hall–Kier alpha value is -3.11. The second kappa shape index (κ2) is 10.7. The Bertz CT molecular complexity index is 1340. The zero-order valence-electron chi connectivity index (χ0n) is 21.1. The molecule has 10 heteroatoms. The molecule has 0 radical (unpaired) electrons. The summed E-state index contributed by atoms with van der Waals surface area (Å²) in [5, 5.41) is 5.31. The van der Waals surface area contributed by atoms with Gasteiger partial charge in [0.15, 0.2) is 0 Å². The number of ether oxygens (including phenoxy) is 1. The number of hydrogen-bond acceptors (Lipinski definition) is 8. The molecule has 2 N–H and O–H groups in total. The van der Waals surface area contributed by atoms with Crippen molar-refractivity contribution in [2.24, 2.45) is 12.8 Å². The molecular weight excluding hydrogens is 488 g/mol. The highest BCUT2D eigenvalue weighted by atomic mass is 35.5. The van der Waals surface area contributed by atoms with E-state index in [1.807, 2.05) is 44.0 Å². The average Bonchev–Trinajstić information content (AvgIpc) is 3.35. The van der Waals surface area contributed by atoms with E-state index in [9.17, 15) is 0 Å². The Kier molecular flexibility index (Phi) is 7.39. The summed E-state index contributed by atoms with van der Waals surface area (Å²) in [6.45, 7) is 6.34. The summed E-state index contributed by atoms with van der Waals surface area (Å²) >= 11 is 0. The van der Waals surface area contributed by atoms with Crippen LogP contribution in [0.25, 0.3) is 33.4 Å². The highest BCUT2D eigenvalue weighted by Gasteiger charge is 2.33. The molecule has 2 aliphatic rings. The Morgan fingerprint density at radius 3 is 2.51 bits per heavy atom. The second-order valence-corrected chi connectivity index (χ2v) is 9.97. The first-order valence-electron chi connectivity index (χ1n) is 12.6. The third-order valence-electron chi connectivity index (χ3n) is 7.35. The van der Waals surface area contributed by atoms with Crippen LogP contribution in [0.4, 0.5) is 5.82 Å². The largest absolute Gasteiger partial charge is 0.379 e. The standard InChI is InChI=1S/C27H32N8O.ClH/c1-33-18-21(17-31-33)23-15-24-22(3-2-8-29-24)26(32-23)20-4-5-25(30-16-20)35-9-6-27(28,7-10-35)19-34-11-13-36-14-12-34;/h2-5,8,15-18H,6-7,9-14,19,28H2,1H3;1H. The van der Waals surface area contributed by atoms with Gasteiger partial charge in [0.2, 0.25) is 0 Å². The first kappa shape index (κ1) is 25.5. The van der Waals surface area contributed by atoms with E-state index in [1.165, 1.54) is 0 Å². The number of nitrogens with zero attached hydrogens (tertiary/aromatic N) is 7. The van der Waals surface area contributed by atoms with E-state index in [2.05, 4.69) is 38.1 Å². The van der Waals surface area contributed by atoms with E-state index in [4.69, 9.17) is 20.4 Å². The summed E-state index contributed by atoms with van der Waals surface area (Å²) in [5.74, 6) is 0.984.